The third kappa shape index (κ3) is 2.85. The first-order valence-corrected chi connectivity index (χ1v) is 11.8. The van der Waals surface area contributed by atoms with E-state index in [1.54, 1.807) is 12.1 Å². The van der Waals surface area contributed by atoms with Gasteiger partial charge in [0.15, 0.2) is 0 Å². The lowest BCUT2D eigenvalue weighted by atomic mass is 9.68. The van der Waals surface area contributed by atoms with Crippen LogP contribution in [0.4, 0.5) is 0 Å². The van der Waals surface area contributed by atoms with E-state index in [0.29, 0.717) is 33.2 Å². The van der Waals surface area contributed by atoms with Gasteiger partial charge in [-0.15, -0.1) is 0 Å². The van der Waals surface area contributed by atoms with Gasteiger partial charge in [-0.2, -0.15) is 0 Å². The molecule has 0 radical (unpaired) electrons. The highest BCUT2D eigenvalue weighted by Gasteiger charge is 2.69. The Hall–Kier alpha value is -2.17. The molecule has 2 aliphatic rings. The van der Waals surface area contributed by atoms with E-state index in [1.165, 1.54) is 0 Å². The van der Waals surface area contributed by atoms with Crippen LogP contribution in [-0.2, 0) is 10.2 Å². The minimum atomic E-state index is -0.849. The summed E-state index contributed by atoms with van der Waals surface area (Å²) in [6.45, 7) is 10.5. The molecule has 2 unspecified atom stereocenters. The number of fused-ring (bicyclic) bond motifs is 6. The molecule has 0 amide bonds. The third-order valence-electron chi connectivity index (χ3n) is 7.59. The van der Waals surface area contributed by atoms with Crippen molar-refractivity contribution in [2.24, 2.45) is 5.41 Å². The standard InChI is InChI=1S/C26H26Cl2N2O2/c1-13(2)15-7-6-14(3)10-21(15)32-24(31)26-9-8-16(25(26,4)5)22-23(26)30-20-12-18(28)17(27)11-19(20)29-22/h6-7,10-13,16H,8-9H2,1-5H3. The zero-order valence-corrected chi connectivity index (χ0v) is 20.4. The first-order chi connectivity index (χ1) is 15.1. The van der Waals surface area contributed by atoms with Crippen LogP contribution in [0.2, 0.25) is 10.0 Å². The van der Waals surface area contributed by atoms with Gasteiger partial charge in [0.25, 0.3) is 0 Å². The molecule has 1 aromatic heterocycles. The minimum absolute atomic E-state index is 0.137. The molecule has 0 saturated heterocycles. The van der Waals surface area contributed by atoms with Gasteiger partial charge in [0.1, 0.15) is 11.2 Å². The van der Waals surface area contributed by atoms with Crippen molar-refractivity contribution >= 4 is 40.2 Å². The van der Waals surface area contributed by atoms with E-state index in [0.717, 1.165) is 28.9 Å². The van der Waals surface area contributed by atoms with Crippen molar-refractivity contribution in [1.29, 1.82) is 0 Å². The van der Waals surface area contributed by atoms with Crippen LogP contribution in [0.1, 0.15) is 74.9 Å². The molecular formula is C26H26Cl2N2O2. The fourth-order valence-corrected chi connectivity index (χ4v) is 6.04. The van der Waals surface area contributed by atoms with Crippen molar-refractivity contribution in [2.75, 3.05) is 0 Å². The van der Waals surface area contributed by atoms with Crippen LogP contribution in [0.5, 0.6) is 5.75 Å². The molecule has 6 heteroatoms. The molecule has 2 bridgehead atoms. The van der Waals surface area contributed by atoms with E-state index in [2.05, 4.69) is 33.8 Å². The first-order valence-electron chi connectivity index (χ1n) is 11.1. The Kier molecular flexibility index (Phi) is 4.85. The molecule has 4 nitrogen and oxygen atoms in total. The number of hydrogen-bond donors (Lipinski definition) is 0. The van der Waals surface area contributed by atoms with Gasteiger partial charge in [-0.25, -0.2) is 9.97 Å². The Bertz CT molecular complexity index is 1280. The summed E-state index contributed by atoms with van der Waals surface area (Å²) in [6.07, 6.45) is 1.57. The van der Waals surface area contributed by atoms with Crippen LogP contribution in [0.15, 0.2) is 30.3 Å². The van der Waals surface area contributed by atoms with Gasteiger partial charge in [0.2, 0.25) is 0 Å². The van der Waals surface area contributed by atoms with Gasteiger partial charge in [-0.1, -0.05) is 63.0 Å². The second kappa shape index (κ2) is 7.16. The van der Waals surface area contributed by atoms with Gasteiger partial charge < -0.3 is 4.74 Å². The number of hydrogen-bond acceptors (Lipinski definition) is 4. The average Bonchev–Trinajstić information content (AvgIpc) is 3.08. The van der Waals surface area contributed by atoms with Crippen molar-refractivity contribution in [3.8, 4) is 5.75 Å². The van der Waals surface area contributed by atoms with Gasteiger partial charge in [0, 0.05) is 5.92 Å². The molecule has 32 heavy (non-hydrogen) atoms. The highest BCUT2D eigenvalue weighted by Crippen LogP contribution is 2.67. The van der Waals surface area contributed by atoms with Crippen LogP contribution in [0, 0.1) is 12.3 Å². The van der Waals surface area contributed by atoms with Crippen LogP contribution in [0.3, 0.4) is 0 Å². The van der Waals surface area contributed by atoms with Crippen LogP contribution < -0.4 is 4.74 Å². The summed E-state index contributed by atoms with van der Waals surface area (Å²) in [7, 11) is 0. The Morgan fingerprint density at radius 3 is 2.41 bits per heavy atom. The van der Waals surface area contributed by atoms with Crippen molar-refractivity contribution in [3.63, 3.8) is 0 Å². The molecule has 1 fully saturated rings. The largest absolute Gasteiger partial charge is 0.425 e. The first kappa shape index (κ1) is 21.7. The minimum Gasteiger partial charge on any atom is -0.425 e. The Morgan fingerprint density at radius 2 is 1.75 bits per heavy atom. The zero-order valence-electron chi connectivity index (χ0n) is 18.9. The maximum absolute atomic E-state index is 14.0. The molecule has 5 rings (SSSR count). The normalized spacial score (nSPS) is 23.1. The van der Waals surface area contributed by atoms with Gasteiger partial charge in [-0.3, -0.25) is 4.79 Å². The zero-order chi connectivity index (χ0) is 23.0. The highest BCUT2D eigenvalue weighted by atomic mass is 35.5. The number of carbonyl (C=O) groups excluding carboxylic acids is 1. The number of aromatic nitrogens is 2. The SMILES string of the molecule is Cc1ccc(C(C)C)c(OC(=O)C23CCC(c4nc5cc(Cl)c(Cl)cc5nc42)C3(C)C)c1. The molecule has 2 aliphatic carbocycles. The number of esters is 1. The topological polar surface area (TPSA) is 52.1 Å². The quantitative estimate of drug-likeness (QED) is 0.303. The summed E-state index contributed by atoms with van der Waals surface area (Å²) in [4.78, 5) is 23.8. The summed E-state index contributed by atoms with van der Waals surface area (Å²) in [5, 5.41) is 0.874. The van der Waals surface area contributed by atoms with E-state index in [-0.39, 0.29) is 23.2 Å². The van der Waals surface area contributed by atoms with Crippen LogP contribution in [-0.4, -0.2) is 15.9 Å². The second-order valence-corrected chi connectivity index (χ2v) is 10.8. The third-order valence-corrected chi connectivity index (χ3v) is 8.31. The van der Waals surface area contributed by atoms with E-state index in [4.69, 9.17) is 37.9 Å². The molecule has 166 valence electrons. The Labute approximate surface area is 198 Å². The molecule has 1 saturated carbocycles. The fourth-order valence-electron chi connectivity index (χ4n) is 5.72. The highest BCUT2D eigenvalue weighted by molar-refractivity contribution is 6.42. The number of nitrogens with zero attached hydrogens (tertiary/aromatic N) is 2. The molecule has 3 aromatic rings. The summed E-state index contributed by atoms with van der Waals surface area (Å²) >= 11 is 12.5. The van der Waals surface area contributed by atoms with Gasteiger partial charge >= 0.3 is 5.97 Å². The van der Waals surface area contributed by atoms with Crippen molar-refractivity contribution in [2.45, 2.75) is 64.7 Å². The second-order valence-electron chi connectivity index (χ2n) is 10.0. The summed E-state index contributed by atoms with van der Waals surface area (Å²) in [5.41, 5.74) is 3.83. The maximum Gasteiger partial charge on any atom is 0.324 e. The summed E-state index contributed by atoms with van der Waals surface area (Å²) < 4.78 is 6.19. The summed E-state index contributed by atoms with van der Waals surface area (Å²) in [5.74, 6) is 0.769. The average molecular weight is 469 g/mol. The molecule has 2 aromatic carbocycles. The Morgan fingerprint density at radius 1 is 1.09 bits per heavy atom. The molecule has 2 atom stereocenters. The van der Waals surface area contributed by atoms with E-state index < -0.39 is 5.41 Å². The van der Waals surface area contributed by atoms with Crippen LogP contribution in [0.25, 0.3) is 11.0 Å². The van der Waals surface area contributed by atoms with E-state index in [1.807, 2.05) is 19.1 Å². The predicted octanol–water partition coefficient (Wildman–Crippen LogP) is 7.13. The van der Waals surface area contributed by atoms with Crippen molar-refractivity contribution < 1.29 is 9.53 Å². The number of aryl methyl sites for hydroxylation is 1. The van der Waals surface area contributed by atoms with Crippen molar-refractivity contribution in [3.05, 3.63) is 62.9 Å². The molecule has 1 heterocycles. The fraction of sp³-hybridized carbons (Fsp3) is 0.423. The van der Waals surface area contributed by atoms with Crippen molar-refractivity contribution in [1.82, 2.24) is 9.97 Å². The lowest BCUT2D eigenvalue weighted by Crippen LogP contribution is -2.46. The van der Waals surface area contributed by atoms with Gasteiger partial charge in [0.05, 0.1) is 32.5 Å². The van der Waals surface area contributed by atoms with Gasteiger partial charge in [-0.05, 0) is 60.4 Å². The molecule has 0 aliphatic heterocycles. The lowest BCUT2D eigenvalue weighted by molar-refractivity contribution is -0.144. The molecular weight excluding hydrogens is 443 g/mol. The predicted molar refractivity (Wildman–Crippen MR) is 128 cm³/mol. The van der Waals surface area contributed by atoms with E-state index in [9.17, 15) is 4.79 Å². The lowest BCUT2D eigenvalue weighted by Gasteiger charge is -2.35. The molecule has 0 N–H and O–H groups in total. The number of carbonyl (C=O) groups is 1. The summed E-state index contributed by atoms with van der Waals surface area (Å²) in [6, 6.07) is 9.52. The number of rotatable bonds is 3. The number of ether oxygens (including phenoxy) is 1. The monoisotopic (exact) mass is 468 g/mol. The van der Waals surface area contributed by atoms with Crippen LogP contribution >= 0.6 is 23.2 Å². The number of benzene rings is 2. The Balaban J connectivity index is 1.66. The maximum atomic E-state index is 14.0. The number of halogens is 2. The van der Waals surface area contributed by atoms with E-state index >= 15 is 0 Å². The smallest absolute Gasteiger partial charge is 0.324 e. The molecule has 0 spiro atoms.